The summed E-state index contributed by atoms with van der Waals surface area (Å²) in [5.74, 6) is -0.0662. The molecule has 0 saturated heterocycles. The second-order valence-electron chi connectivity index (χ2n) is 1.55. The molecule has 0 aromatic rings. The average molecular weight is 132 g/mol. The normalized spacial score (nSPS) is 9.11. The van der Waals surface area contributed by atoms with Gasteiger partial charge in [-0.25, -0.2) is 5.43 Å². The minimum absolute atomic E-state index is 0.0317. The molecule has 54 valence electrons. The summed E-state index contributed by atoms with van der Waals surface area (Å²) in [4.78, 5) is 10.4. The largest absolute Gasteiger partial charge is 0.395 e. The number of hydrogen-bond donors (Lipinski definition) is 3. The van der Waals surface area contributed by atoms with Crippen LogP contribution in [0.5, 0.6) is 0 Å². The van der Waals surface area contributed by atoms with E-state index in [1.165, 1.54) is 0 Å². The monoisotopic (exact) mass is 132 g/mol. The Labute approximate surface area is 54.2 Å². The molecule has 4 heteroatoms. The van der Waals surface area contributed by atoms with Gasteiger partial charge in [0.2, 0.25) is 5.91 Å². The van der Waals surface area contributed by atoms with Gasteiger partial charge < -0.3 is 5.11 Å². The van der Waals surface area contributed by atoms with Crippen LogP contribution < -0.4 is 10.9 Å². The molecule has 0 rings (SSSR count). The molecule has 0 aromatic carbocycles. The number of nitrogens with one attached hydrogen (secondary N) is 2. The molecule has 0 aliphatic rings. The third kappa shape index (κ3) is 5.26. The van der Waals surface area contributed by atoms with E-state index in [0.717, 1.165) is 0 Å². The molecule has 0 heterocycles. The number of carbonyl (C=O) groups excluding carboxylic acids is 1. The van der Waals surface area contributed by atoms with Crippen molar-refractivity contribution >= 4 is 5.91 Å². The van der Waals surface area contributed by atoms with Crippen molar-refractivity contribution in [2.45, 2.75) is 13.3 Å². The maximum atomic E-state index is 10.4. The van der Waals surface area contributed by atoms with Crippen LogP contribution >= 0.6 is 0 Å². The molecule has 0 radical (unpaired) electrons. The SMILES string of the molecule is CCC(=O)NNCCO. The van der Waals surface area contributed by atoms with E-state index in [9.17, 15) is 4.79 Å². The lowest BCUT2D eigenvalue weighted by molar-refractivity contribution is -0.121. The minimum atomic E-state index is -0.0662. The molecule has 3 N–H and O–H groups in total. The van der Waals surface area contributed by atoms with Crippen LogP contribution in [0.25, 0.3) is 0 Å². The van der Waals surface area contributed by atoms with Crippen molar-refractivity contribution in [3.63, 3.8) is 0 Å². The number of aliphatic hydroxyl groups excluding tert-OH is 1. The summed E-state index contributed by atoms with van der Waals surface area (Å²) in [6.07, 6.45) is 0.457. The van der Waals surface area contributed by atoms with Gasteiger partial charge in [0, 0.05) is 13.0 Å². The number of amides is 1. The summed E-state index contributed by atoms with van der Waals surface area (Å²) >= 11 is 0. The Morgan fingerprint density at radius 1 is 1.67 bits per heavy atom. The second-order valence-corrected chi connectivity index (χ2v) is 1.55. The van der Waals surface area contributed by atoms with Crippen LogP contribution in [0, 0.1) is 0 Å². The number of carbonyl (C=O) groups is 1. The number of rotatable bonds is 4. The molecule has 0 bridgehead atoms. The van der Waals surface area contributed by atoms with Crippen LogP contribution in [-0.2, 0) is 4.79 Å². The van der Waals surface area contributed by atoms with E-state index in [-0.39, 0.29) is 12.5 Å². The van der Waals surface area contributed by atoms with Gasteiger partial charge in [-0.3, -0.25) is 10.2 Å². The van der Waals surface area contributed by atoms with Gasteiger partial charge in [-0.05, 0) is 0 Å². The average Bonchev–Trinajstić information content (AvgIpc) is 1.89. The number of aliphatic hydroxyl groups is 1. The molecule has 0 atom stereocenters. The van der Waals surface area contributed by atoms with Crippen molar-refractivity contribution < 1.29 is 9.90 Å². The van der Waals surface area contributed by atoms with Crippen molar-refractivity contribution in [3.05, 3.63) is 0 Å². The van der Waals surface area contributed by atoms with E-state index < -0.39 is 0 Å². The summed E-state index contributed by atoms with van der Waals surface area (Å²) < 4.78 is 0. The van der Waals surface area contributed by atoms with E-state index in [4.69, 9.17) is 5.11 Å². The Morgan fingerprint density at radius 2 is 2.33 bits per heavy atom. The molecule has 0 aromatic heterocycles. The third-order valence-corrected chi connectivity index (χ3v) is 0.786. The maximum absolute atomic E-state index is 10.4. The number of hydrazine groups is 1. The first-order valence-electron chi connectivity index (χ1n) is 2.93. The van der Waals surface area contributed by atoms with E-state index in [1.54, 1.807) is 6.92 Å². The Bertz CT molecular complexity index is 85.0. The fraction of sp³-hybridized carbons (Fsp3) is 0.800. The summed E-state index contributed by atoms with van der Waals surface area (Å²) in [5.41, 5.74) is 4.92. The van der Waals surface area contributed by atoms with Crippen LogP contribution in [0.2, 0.25) is 0 Å². The van der Waals surface area contributed by atoms with Crippen LogP contribution in [0.4, 0.5) is 0 Å². The molecular formula is C5H12N2O2. The zero-order valence-electron chi connectivity index (χ0n) is 5.48. The molecule has 0 aliphatic carbocycles. The van der Waals surface area contributed by atoms with Gasteiger partial charge in [-0.2, -0.15) is 0 Å². The van der Waals surface area contributed by atoms with E-state index in [1.807, 2.05) is 0 Å². The highest BCUT2D eigenvalue weighted by molar-refractivity contribution is 5.74. The lowest BCUT2D eigenvalue weighted by Gasteiger charge is -2.01. The lowest BCUT2D eigenvalue weighted by Crippen LogP contribution is -2.38. The zero-order valence-corrected chi connectivity index (χ0v) is 5.48. The topological polar surface area (TPSA) is 61.4 Å². The van der Waals surface area contributed by atoms with E-state index in [2.05, 4.69) is 10.9 Å². The number of hydrogen-bond acceptors (Lipinski definition) is 3. The highest BCUT2D eigenvalue weighted by Crippen LogP contribution is 1.69. The first-order chi connectivity index (χ1) is 4.31. The molecule has 0 spiro atoms. The van der Waals surface area contributed by atoms with Gasteiger partial charge in [0.1, 0.15) is 0 Å². The Kier molecular flexibility index (Phi) is 5.15. The van der Waals surface area contributed by atoms with Gasteiger partial charge in [0.25, 0.3) is 0 Å². The van der Waals surface area contributed by atoms with Gasteiger partial charge >= 0.3 is 0 Å². The molecule has 1 amide bonds. The predicted octanol–water partition coefficient (Wildman–Crippen LogP) is -0.991. The minimum Gasteiger partial charge on any atom is -0.395 e. The molecule has 0 saturated carbocycles. The Morgan fingerprint density at radius 3 is 2.78 bits per heavy atom. The summed E-state index contributed by atoms with van der Waals surface area (Å²) in [5, 5.41) is 8.24. The Balaban J connectivity index is 2.97. The van der Waals surface area contributed by atoms with Crippen LogP contribution in [0.3, 0.4) is 0 Å². The highest BCUT2D eigenvalue weighted by atomic mass is 16.3. The van der Waals surface area contributed by atoms with Crippen molar-refractivity contribution in [2.24, 2.45) is 0 Å². The fourth-order valence-corrected chi connectivity index (χ4v) is 0.305. The van der Waals surface area contributed by atoms with Crippen LogP contribution in [0.15, 0.2) is 0 Å². The molecule has 0 unspecified atom stereocenters. The first kappa shape index (κ1) is 8.39. The molecule has 9 heavy (non-hydrogen) atoms. The molecule has 0 fully saturated rings. The van der Waals surface area contributed by atoms with Crippen LogP contribution in [0.1, 0.15) is 13.3 Å². The van der Waals surface area contributed by atoms with E-state index in [0.29, 0.717) is 13.0 Å². The molecule has 4 nitrogen and oxygen atoms in total. The molecular weight excluding hydrogens is 120 g/mol. The first-order valence-corrected chi connectivity index (χ1v) is 2.93. The Hall–Kier alpha value is -0.610. The smallest absolute Gasteiger partial charge is 0.233 e. The van der Waals surface area contributed by atoms with Gasteiger partial charge in [-0.1, -0.05) is 6.92 Å². The second kappa shape index (κ2) is 5.53. The summed E-state index contributed by atoms with van der Waals surface area (Å²) in [7, 11) is 0. The summed E-state index contributed by atoms with van der Waals surface area (Å²) in [6, 6.07) is 0. The van der Waals surface area contributed by atoms with Gasteiger partial charge in [-0.15, -0.1) is 0 Å². The van der Waals surface area contributed by atoms with Gasteiger partial charge in [0.15, 0.2) is 0 Å². The highest BCUT2D eigenvalue weighted by Gasteiger charge is 1.91. The van der Waals surface area contributed by atoms with Crippen molar-refractivity contribution in [3.8, 4) is 0 Å². The lowest BCUT2D eigenvalue weighted by atomic mass is 10.5. The zero-order chi connectivity index (χ0) is 7.11. The fourth-order valence-electron chi connectivity index (χ4n) is 0.305. The van der Waals surface area contributed by atoms with Crippen LogP contribution in [-0.4, -0.2) is 24.2 Å². The van der Waals surface area contributed by atoms with Crippen molar-refractivity contribution in [1.29, 1.82) is 0 Å². The van der Waals surface area contributed by atoms with Crippen molar-refractivity contribution in [2.75, 3.05) is 13.2 Å². The maximum Gasteiger partial charge on any atom is 0.233 e. The quantitative estimate of drug-likeness (QED) is 0.340. The third-order valence-electron chi connectivity index (χ3n) is 0.786. The molecule has 0 aliphatic heterocycles. The summed E-state index contributed by atoms with van der Waals surface area (Å²) in [6.45, 7) is 2.19. The predicted molar refractivity (Wildman–Crippen MR) is 33.5 cm³/mol. The van der Waals surface area contributed by atoms with E-state index >= 15 is 0 Å². The van der Waals surface area contributed by atoms with Crippen molar-refractivity contribution in [1.82, 2.24) is 10.9 Å². The standard InChI is InChI=1S/C5H12N2O2/c1-2-5(9)7-6-3-4-8/h6,8H,2-4H2,1H3,(H,7,9). The van der Waals surface area contributed by atoms with Gasteiger partial charge in [0.05, 0.1) is 6.61 Å².